The lowest BCUT2D eigenvalue weighted by Gasteiger charge is -2.10. The lowest BCUT2D eigenvalue weighted by molar-refractivity contribution is 0.119. The van der Waals surface area contributed by atoms with Crippen molar-refractivity contribution < 1.29 is 9.13 Å². The maximum atomic E-state index is 13.3. The van der Waals surface area contributed by atoms with Crippen molar-refractivity contribution in [1.82, 2.24) is 9.55 Å². The van der Waals surface area contributed by atoms with Gasteiger partial charge in [-0.3, -0.25) is 0 Å². The van der Waals surface area contributed by atoms with Crippen molar-refractivity contribution >= 4 is 22.6 Å². The highest BCUT2D eigenvalue weighted by Crippen LogP contribution is 2.29. The van der Waals surface area contributed by atoms with E-state index in [1.807, 2.05) is 6.92 Å². The zero-order chi connectivity index (χ0) is 14.8. The van der Waals surface area contributed by atoms with Gasteiger partial charge < -0.3 is 9.30 Å². The molecular formula is C16H20ClFN2O. The minimum atomic E-state index is -0.270. The molecule has 0 N–H and O–H groups in total. The van der Waals surface area contributed by atoms with Crippen LogP contribution in [0.4, 0.5) is 4.39 Å². The zero-order valence-electron chi connectivity index (χ0n) is 12.2. The molecule has 0 saturated heterocycles. The number of aryl methyl sites for hydroxylation is 1. The van der Waals surface area contributed by atoms with Gasteiger partial charge in [-0.1, -0.05) is 0 Å². The highest BCUT2D eigenvalue weighted by Gasteiger charge is 2.21. The molecule has 2 aromatic rings. The summed E-state index contributed by atoms with van der Waals surface area (Å²) in [5.41, 5.74) is 1.59. The van der Waals surface area contributed by atoms with Crippen molar-refractivity contribution in [2.24, 2.45) is 5.92 Å². The molecule has 1 aromatic carbocycles. The van der Waals surface area contributed by atoms with Crippen LogP contribution < -0.4 is 0 Å². The molecule has 1 aliphatic rings. The second-order valence-electron chi connectivity index (χ2n) is 5.74. The van der Waals surface area contributed by atoms with E-state index >= 15 is 0 Å². The van der Waals surface area contributed by atoms with Crippen molar-refractivity contribution in [1.29, 1.82) is 0 Å². The minimum absolute atomic E-state index is 0.201. The lowest BCUT2D eigenvalue weighted by Crippen LogP contribution is -2.08. The van der Waals surface area contributed by atoms with Gasteiger partial charge in [0.2, 0.25) is 0 Å². The number of ether oxygens (including phenoxy) is 1. The predicted molar refractivity (Wildman–Crippen MR) is 82.1 cm³/mol. The Hall–Kier alpha value is -1.13. The number of nitrogens with zero attached hydrogens (tertiary/aromatic N) is 2. The zero-order valence-corrected chi connectivity index (χ0v) is 12.9. The number of hydrogen-bond donors (Lipinski definition) is 0. The summed E-state index contributed by atoms with van der Waals surface area (Å²) in [4.78, 5) is 4.46. The first-order valence-corrected chi connectivity index (χ1v) is 7.96. The molecule has 0 aliphatic heterocycles. The van der Waals surface area contributed by atoms with E-state index < -0.39 is 0 Å². The van der Waals surface area contributed by atoms with Gasteiger partial charge in [0.05, 0.1) is 16.4 Å². The molecule has 1 aromatic heterocycles. The molecule has 1 aliphatic carbocycles. The monoisotopic (exact) mass is 310 g/mol. The molecule has 3 rings (SSSR count). The van der Waals surface area contributed by atoms with Gasteiger partial charge in [-0.25, -0.2) is 9.37 Å². The number of fused-ring (bicyclic) bond motifs is 1. The molecule has 1 saturated carbocycles. The van der Waals surface area contributed by atoms with Gasteiger partial charge in [0.15, 0.2) is 0 Å². The van der Waals surface area contributed by atoms with Gasteiger partial charge >= 0.3 is 0 Å². The molecule has 0 radical (unpaired) electrons. The van der Waals surface area contributed by atoms with Gasteiger partial charge in [0, 0.05) is 25.8 Å². The van der Waals surface area contributed by atoms with Gasteiger partial charge in [0.25, 0.3) is 0 Å². The lowest BCUT2D eigenvalue weighted by atomic mass is 10.3. The van der Waals surface area contributed by atoms with Gasteiger partial charge in [-0.15, -0.1) is 11.6 Å². The third-order valence-electron chi connectivity index (χ3n) is 3.82. The molecule has 1 unspecified atom stereocenters. The van der Waals surface area contributed by atoms with Crippen molar-refractivity contribution in [3.05, 3.63) is 29.8 Å². The summed E-state index contributed by atoms with van der Waals surface area (Å²) in [5, 5.41) is -0.201. The van der Waals surface area contributed by atoms with Gasteiger partial charge in [-0.05, 0) is 44.2 Å². The average Bonchev–Trinajstić information content (AvgIpc) is 3.19. The third kappa shape index (κ3) is 3.55. The first kappa shape index (κ1) is 14.8. The molecule has 114 valence electrons. The van der Waals surface area contributed by atoms with E-state index in [0.29, 0.717) is 5.52 Å². The second kappa shape index (κ2) is 6.32. The maximum absolute atomic E-state index is 13.3. The van der Waals surface area contributed by atoms with E-state index in [1.54, 1.807) is 6.07 Å². The largest absolute Gasteiger partial charge is 0.381 e. The number of halogens is 2. The highest BCUT2D eigenvalue weighted by molar-refractivity contribution is 6.20. The number of alkyl halides is 1. The minimum Gasteiger partial charge on any atom is -0.381 e. The molecule has 5 heteroatoms. The summed E-state index contributed by atoms with van der Waals surface area (Å²) in [5.74, 6) is 1.31. The number of imidazole rings is 1. The van der Waals surface area contributed by atoms with E-state index in [2.05, 4.69) is 9.55 Å². The van der Waals surface area contributed by atoms with Crippen molar-refractivity contribution in [3.8, 4) is 0 Å². The van der Waals surface area contributed by atoms with Crippen LogP contribution in [0.1, 0.15) is 37.4 Å². The normalized spacial score (nSPS) is 16.5. The van der Waals surface area contributed by atoms with Crippen LogP contribution in [-0.2, 0) is 11.3 Å². The van der Waals surface area contributed by atoms with Crippen LogP contribution in [0.2, 0.25) is 0 Å². The fraction of sp³-hybridized carbons (Fsp3) is 0.562. The molecule has 1 atom stereocenters. The fourth-order valence-electron chi connectivity index (χ4n) is 2.52. The van der Waals surface area contributed by atoms with Crippen LogP contribution in [0.5, 0.6) is 0 Å². The Morgan fingerprint density at radius 1 is 1.48 bits per heavy atom. The summed E-state index contributed by atoms with van der Waals surface area (Å²) in [6.45, 7) is 4.31. The van der Waals surface area contributed by atoms with Crippen LogP contribution >= 0.6 is 11.6 Å². The van der Waals surface area contributed by atoms with Gasteiger partial charge in [-0.2, -0.15) is 0 Å². The van der Waals surface area contributed by atoms with E-state index in [1.165, 1.54) is 25.0 Å². The summed E-state index contributed by atoms with van der Waals surface area (Å²) >= 11 is 6.20. The SMILES string of the molecule is CC(Cl)c1nc2cc(F)ccc2n1CCCOCC1CC1. The molecule has 0 bridgehead atoms. The smallest absolute Gasteiger partial charge is 0.127 e. The number of benzene rings is 1. The summed E-state index contributed by atoms with van der Waals surface area (Å²) in [7, 11) is 0. The summed E-state index contributed by atoms with van der Waals surface area (Å²) < 4.78 is 21.0. The second-order valence-corrected chi connectivity index (χ2v) is 6.40. The highest BCUT2D eigenvalue weighted by atomic mass is 35.5. The Bertz CT molecular complexity index is 622. The Morgan fingerprint density at radius 2 is 2.29 bits per heavy atom. The summed E-state index contributed by atoms with van der Waals surface area (Å²) in [6, 6.07) is 4.69. The first-order valence-electron chi connectivity index (χ1n) is 7.52. The van der Waals surface area contributed by atoms with Crippen LogP contribution in [-0.4, -0.2) is 22.8 Å². The van der Waals surface area contributed by atoms with Crippen LogP contribution in [0, 0.1) is 11.7 Å². The molecule has 1 fully saturated rings. The topological polar surface area (TPSA) is 27.1 Å². The predicted octanol–water partition coefficient (Wildman–Crippen LogP) is 4.29. The Balaban J connectivity index is 1.70. The maximum Gasteiger partial charge on any atom is 0.127 e. The third-order valence-corrected chi connectivity index (χ3v) is 4.01. The van der Waals surface area contributed by atoms with E-state index in [-0.39, 0.29) is 11.2 Å². The Morgan fingerprint density at radius 3 is 3.00 bits per heavy atom. The number of rotatable bonds is 7. The Kier molecular flexibility index (Phi) is 4.45. The Labute approximate surface area is 129 Å². The van der Waals surface area contributed by atoms with Crippen LogP contribution in [0.25, 0.3) is 11.0 Å². The standard InChI is InChI=1S/C16H20ClFN2O/c1-11(17)16-19-14-9-13(18)5-6-15(14)20(16)7-2-8-21-10-12-3-4-12/h5-6,9,11-12H,2-4,7-8,10H2,1H3. The van der Waals surface area contributed by atoms with E-state index in [0.717, 1.165) is 43.4 Å². The van der Waals surface area contributed by atoms with Crippen LogP contribution in [0.15, 0.2) is 18.2 Å². The molecule has 1 heterocycles. The van der Waals surface area contributed by atoms with E-state index in [9.17, 15) is 4.39 Å². The summed E-state index contributed by atoms with van der Waals surface area (Å²) in [6.07, 6.45) is 3.53. The molecule has 0 amide bonds. The average molecular weight is 311 g/mol. The molecule has 3 nitrogen and oxygen atoms in total. The number of hydrogen-bond acceptors (Lipinski definition) is 2. The van der Waals surface area contributed by atoms with E-state index in [4.69, 9.17) is 16.3 Å². The molecule has 21 heavy (non-hydrogen) atoms. The molecular weight excluding hydrogens is 291 g/mol. The fourth-order valence-corrected chi connectivity index (χ4v) is 2.69. The molecule has 0 spiro atoms. The number of aromatic nitrogens is 2. The van der Waals surface area contributed by atoms with Crippen molar-refractivity contribution in [2.75, 3.05) is 13.2 Å². The van der Waals surface area contributed by atoms with Crippen molar-refractivity contribution in [2.45, 2.75) is 38.1 Å². The first-order chi connectivity index (χ1) is 10.1. The van der Waals surface area contributed by atoms with Gasteiger partial charge in [0.1, 0.15) is 11.6 Å². The quantitative estimate of drug-likeness (QED) is 0.563. The van der Waals surface area contributed by atoms with Crippen LogP contribution in [0.3, 0.4) is 0 Å². The van der Waals surface area contributed by atoms with Crippen molar-refractivity contribution in [3.63, 3.8) is 0 Å².